The first-order chi connectivity index (χ1) is 13.7. The van der Waals surface area contributed by atoms with Crippen LogP contribution in [-0.4, -0.2) is 5.91 Å². The molecule has 0 aromatic heterocycles. The summed E-state index contributed by atoms with van der Waals surface area (Å²) in [6, 6.07) is 33.0. The molecular formula is C25H18ClNO. The molecule has 0 saturated heterocycles. The number of benzene rings is 4. The SMILES string of the molecule is O=C(Nc1ccc(Cl)cc1-c1ccccc1-c1ccccc1)c1ccccc1. The zero-order chi connectivity index (χ0) is 19.3. The fraction of sp³-hybridized carbons (Fsp3) is 0. The maximum atomic E-state index is 12.7. The topological polar surface area (TPSA) is 29.1 Å². The normalized spacial score (nSPS) is 10.5. The second kappa shape index (κ2) is 8.12. The van der Waals surface area contributed by atoms with Gasteiger partial charge in [-0.25, -0.2) is 0 Å². The van der Waals surface area contributed by atoms with Gasteiger partial charge in [0.15, 0.2) is 0 Å². The first kappa shape index (κ1) is 18.0. The third-order valence-electron chi connectivity index (χ3n) is 4.57. The monoisotopic (exact) mass is 383 g/mol. The van der Waals surface area contributed by atoms with Crippen molar-refractivity contribution >= 4 is 23.2 Å². The van der Waals surface area contributed by atoms with Gasteiger partial charge >= 0.3 is 0 Å². The number of carbonyl (C=O) groups excluding carboxylic acids is 1. The molecule has 0 aliphatic heterocycles. The van der Waals surface area contributed by atoms with Crippen molar-refractivity contribution in [2.75, 3.05) is 5.32 Å². The van der Waals surface area contributed by atoms with Gasteiger partial charge in [0.1, 0.15) is 0 Å². The number of rotatable bonds is 4. The standard InChI is InChI=1S/C25H18ClNO/c26-20-15-16-24(27-25(28)19-11-5-2-6-12-19)23(17-20)22-14-8-7-13-21(22)18-9-3-1-4-10-18/h1-17H,(H,27,28). The predicted octanol–water partition coefficient (Wildman–Crippen LogP) is 6.93. The first-order valence-electron chi connectivity index (χ1n) is 9.03. The third kappa shape index (κ3) is 3.83. The van der Waals surface area contributed by atoms with E-state index in [1.165, 1.54) is 0 Å². The van der Waals surface area contributed by atoms with Crippen LogP contribution in [0, 0.1) is 0 Å². The molecule has 4 rings (SSSR count). The average Bonchev–Trinajstić information content (AvgIpc) is 2.76. The van der Waals surface area contributed by atoms with Crippen molar-refractivity contribution in [3.8, 4) is 22.3 Å². The van der Waals surface area contributed by atoms with E-state index in [4.69, 9.17) is 11.6 Å². The van der Waals surface area contributed by atoms with E-state index >= 15 is 0 Å². The van der Waals surface area contributed by atoms with E-state index < -0.39 is 0 Å². The van der Waals surface area contributed by atoms with Gasteiger partial charge in [0, 0.05) is 21.8 Å². The van der Waals surface area contributed by atoms with E-state index in [-0.39, 0.29) is 5.91 Å². The molecule has 0 spiro atoms. The van der Waals surface area contributed by atoms with Crippen molar-refractivity contribution in [2.45, 2.75) is 0 Å². The molecule has 28 heavy (non-hydrogen) atoms. The Balaban J connectivity index is 1.79. The molecule has 0 atom stereocenters. The molecule has 136 valence electrons. The van der Waals surface area contributed by atoms with Crippen LogP contribution in [-0.2, 0) is 0 Å². The van der Waals surface area contributed by atoms with Crippen molar-refractivity contribution < 1.29 is 4.79 Å². The Labute approximate surface area is 169 Å². The van der Waals surface area contributed by atoms with E-state index in [0.717, 1.165) is 27.9 Å². The predicted molar refractivity (Wildman–Crippen MR) is 117 cm³/mol. The Morgan fingerprint density at radius 2 is 1.25 bits per heavy atom. The highest BCUT2D eigenvalue weighted by Crippen LogP contribution is 2.37. The number of carbonyl (C=O) groups is 1. The highest BCUT2D eigenvalue weighted by molar-refractivity contribution is 6.31. The molecule has 0 aliphatic rings. The Kier molecular flexibility index (Phi) is 5.22. The maximum absolute atomic E-state index is 12.7. The molecule has 0 saturated carbocycles. The van der Waals surface area contributed by atoms with Crippen LogP contribution in [0.15, 0.2) is 103 Å². The number of anilines is 1. The fourth-order valence-corrected chi connectivity index (χ4v) is 3.39. The molecule has 0 unspecified atom stereocenters. The van der Waals surface area contributed by atoms with Gasteiger partial charge in [-0.2, -0.15) is 0 Å². The summed E-state index contributed by atoms with van der Waals surface area (Å²) in [5.41, 5.74) is 5.43. The molecule has 4 aromatic rings. The van der Waals surface area contributed by atoms with E-state index in [2.05, 4.69) is 23.5 Å². The molecule has 0 fully saturated rings. The lowest BCUT2D eigenvalue weighted by molar-refractivity contribution is 0.102. The molecule has 0 heterocycles. The maximum Gasteiger partial charge on any atom is 0.255 e. The quantitative estimate of drug-likeness (QED) is 0.407. The Morgan fingerprint density at radius 1 is 0.643 bits per heavy atom. The number of halogens is 1. The number of nitrogens with one attached hydrogen (secondary N) is 1. The minimum Gasteiger partial charge on any atom is -0.321 e. The zero-order valence-electron chi connectivity index (χ0n) is 15.1. The van der Waals surface area contributed by atoms with Crippen molar-refractivity contribution in [1.29, 1.82) is 0 Å². The fourth-order valence-electron chi connectivity index (χ4n) is 3.22. The Hall–Kier alpha value is -3.36. The van der Waals surface area contributed by atoms with Gasteiger partial charge in [-0.1, -0.05) is 84.4 Å². The molecule has 0 aliphatic carbocycles. The largest absolute Gasteiger partial charge is 0.321 e. The van der Waals surface area contributed by atoms with Crippen LogP contribution < -0.4 is 5.32 Å². The van der Waals surface area contributed by atoms with Gasteiger partial charge in [0.25, 0.3) is 5.91 Å². The van der Waals surface area contributed by atoms with Gasteiger partial charge < -0.3 is 5.32 Å². The van der Waals surface area contributed by atoms with Gasteiger partial charge in [0.2, 0.25) is 0 Å². The molecular weight excluding hydrogens is 366 g/mol. The number of hydrogen-bond acceptors (Lipinski definition) is 1. The van der Waals surface area contributed by atoms with Gasteiger partial charge in [-0.3, -0.25) is 4.79 Å². The third-order valence-corrected chi connectivity index (χ3v) is 4.80. The van der Waals surface area contributed by atoms with Crippen LogP contribution in [0.3, 0.4) is 0 Å². The first-order valence-corrected chi connectivity index (χ1v) is 9.41. The van der Waals surface area contributed by atoms with Crippen molar-refractivity contribution in [2.24, 2.45) is 0 Å². The van der Waals surface area contributed by atoms with Crippen LogP contribution in [0.5, 0.6) is 0 Å². The number of amides is 1. The minimum absolute atomic E-state index is 0.152. The van der Waals surface area contributed by atoms with Gasteiger partial charge in [0.05, 0.1) is 0 Å². The summed E-state index contributed by atoms with van der Waals surface area (Å²) >= 11 is 6.31. The summed E-state index contributed by atoms with van der Waals surface area (Å²) < 4.78 is 0. The van der Waals surface area contributed by atoms with E-state index in [9.17, 15) is 4.79 Å². The van der Waals surface area contributed by atoms with Crippen LogP contribution >= 0.6 is 11.6 Å². The summed E-state index contributed by atoms with van der Waals surface area (Å²) in [6.45, 7) is 0. The lowest BCUT2D eigenvalue weighted by Gasteiger charge is -2.15. The highest BCUT2D eigenvalue weighted by atomic mass is 35.5. The smallest absolute Gasteiger partial charge is 0.255 e. The highest BCUT2D eigenvalue weighted by Gasteiger charge is 2.14. The summed E-state index contributed by atoms with van der Waals surface area (Å²) in [6.07, 6.45) is 0. The van der Waals surface area contributed by atoms with Crippen LogP contribution in [0.2, 0.25) is 5.02 Å². The van der Waals surface area contributed by atoms with E-state index in [1.54, 1.807) is 18.2 Å². The van der Waals surface area contributed by atoms with Crippen molar-refractivity contribution in [3.05, 3.63) is 114 Å². The second-order valence-electron chi connectivity index (χ2n) is 6.42. The Morgan fingerprint density at radius 3 is 1.96 bits per heavy atom. The molecule has 2 nitrogen and oxygen atoms in total. The minimum atomic E-state index is -0.152. The van der Waals surface area contributed by atoms with Crippen molar-refractivity contribution in [3.63, 3.8) is 0 Å². The number of hydrogen-bond donors (Lipinski definition) is 1. The molecule has 1 N–H and O–H groups in total. The van der Waals surface area contributed by atoms with Crippen molar-refractivity contribution in [1.82, 2.24) is 0 Å². The summed E-state index contributed by atoms with van der Waals surface area (Å²) in [5, 5.41) is 3.65. The molecule has 0 radical (unpaired) electrons. The van der Waals surface area contributed by atoms with Gasteiger partial charge in [-0.15, -0.1) is 0 Å². The van der Waals surface area contributed by atoms with E-state index in [0.29, 0.717) is 10.6 Å². The molecule has 4 aromatic carbocycles. The average molecular weight is 384 g/mol. The Bertz CT molecular complexity index is 1110. The van der Waals surface area contributed by atoms with Gasteiger partial charge in [-0.05, 0) is 47.0 Å². The lowest BCUT2D eigenvalue weighted by atomic mass is 9.93. The second-order valence-corrected chi connectivity index (χ2v) is 6.86. The van der Waals surface area contributed by atoms with Crippen LogP contribution in [0.1, 0.15) is 10.4 Å². The van der Waals surface area contributed by atoms with Crippen LogP contribution in [0.25, 0.3) is 22.3 Å². The summed E-state index contributed by atoms with van der Waals surface area (Å²) in [5.74, 6) is -0.152. The molecule has 1 amide bonds. The molecule has 3 heteroatoms. The lowest BCUT2D eigenvalue weighted by Crippen LogP contribution is -2.12. The summed E-state index contributed by atoms with van der Waals surface area (Å²) in [7, 11) is 0. The van der Waals surface area contributed by atoms with E-state index in [1.807, 2.05) is 66.7 Å². The summed E-state index contributed by atoms with van der Waals surface area (Å²) in [4.78, 5) is 12.7. The zero-order valence-corrected chi connectivity index (χ0v) is 15.9. The van der Waals surface area contributed by atoms with Crippen LogP contribution in [0.4, 0.5) is 5.69 Å². The molecule has 0 bridgehead atoms.